The number of likely N-dealkylation sites (N-methyl/N-ethyl adjacent to an activating group) is 1. The normalized spacial score (nSPS) is 19.5. The van der Waals surface area contributed by atoms with Gasteiger partial charge in [0.05, 0.1) is 0 Å². The van der Waals surface area contributed by atoms with Crippen molar-refractivity contribution in [1.82, 2.24) is 15.1 Å². The highest BCUT2D eigenvalue weighted by Crippen LogP contribution is 2.21. The molecule has 3 nitrogen and oxygen atoms in total. The fraction of sp³-hybridized carbons (Fsp3) is 0.600. The van der Waals surface area contributed by atoms with Crippen molar-refractivity contribution in [3.05, 3.63) is 34.9 Å². The van der Waals surface area contributed by atoms with Crippen molar-refractivity contribution in [2.24, 2.45) is 0 Å². The molecule has 1 N–H and O–H groups in total. The summed E-state index contributed by atoms with van der Waals surface area (Å²) in [4.78, 5) is 4.91. The molecule has 0 amide bonds. The summed E-state index contributed by atoms with van der Waals surface area (Å²) < 4.78 is 0. The lowest BCUT2D eigenvalue weighted by Gasteiger charge is -2.32. The van der Waals surface area contributed by atoms with Crippen LogP contribution in [0.3, 0.4) is 0 Å². The van der Waals surface area contributed by atoms with Gasteiger partial charge in [-0.15, -0.1) is 0 Å². The SMILES string of the molecule is C[C@H](NCCN1CCN(C)CC1)c1ccccc1Cl. The lowest BCUT2D eigenvalue weighted by molar-refractivity contribution is 0.154. The van der Waals surface area contributed by atoms with Crippen LogP contribution in [0.25, 0.3) is 0 Å². The molecule has 0 unspecified atom stereocenters. The van der Waals surface area contributed by atoms with Crippen LogP contribution in [0.15, 0.2) is 24.3 Å². The van der Waals surface area contributed by atoms with Crippen LogP contribution in [0.5, 0.6) is 0 Å². The molecular formula is C15H24ClN3. The number of nitrogens with one attached hydrogen (secondary N) is 1. The van der Waals surface area contributed by atoms with Gasteiger partial charge in [0.2, 0.25) is 0 Å². The molecule has 1 fully saturated rings. The first-order valence-electron chi connectivity index (χ1n) is 7.05. The molecule has 1 aromatic carbocycles. The second-order valence-electron chi connectivity index (χ2n) is 5.34. The molecule has 0 spiro atoms. The van der Waals surface area contributed by atoms with Crippen LogP contribution < -0.4 is 5.32 Å². The molecule has 1 aromatic rings. The van der Waals surface area contributed by atoms with Crippen molar-refractivity contribution in [3.8, 4) is 0 Å². The molecule has 0 bridgehead atoms. The van der Waals surface area contributed by atoms with E-state index >= 15 is 0 Å². The van der Waals surface area contributed by atoms with Gasteiger partial charge in [0.15, 0.2) is 0 Å². The highest BCUT2D eigenvalue weighted by molar-refractivity contribution is 6.31. The minimum absolute atomic E-state index is 0.307. The Morgan fingerprint density at radius 2 is 1.89 bits per heavy atom. The zero-order chi connectivity index (χ0) is 13.7. The Kier molecular flexibility index (Phi) is 5.64. The van der Waals surface area contributed by atoms with Crippen LogP contribution in [0, 0.1) is 0 Å². The van der Waals surface area contributed by atoms with E-state index in [1.807, 2.05) is 18.2 Å². The van der Waals surface area contributed by atoms with Gasteiger partial charge in [0.25, 0.3) is 0 Å². The number of piperazine rings is 1. The van der Waals surface area contributed by atoms with E-state index < -0.39 is 0 Å². The van der Waals surface area contributed by atoms with Crippen LogP contribution >= 0.6 is 11.6 Å². The number of rotatable bonds is 5. The Bertz CT molecular complexity index is 389. The maximum absolute atomic E-state index is 6.21. The largest absolute Gasteiger partial charge is 0.309 e. The summed E-state index contributed by atoms with van der Waals surface area (Å²) in [7, 11) is 2.19. The number of nitrogens with zero attached hydrogens (tertiary/aromatic N) is 2. The summed E-state index contributed by atoms with van der Waals surface area (Å²) in [6.45, 7) is 9.02. The van der Waals surface area contributed by atoms with Crippen LogP contribution in [-0.4, -0.2) is 56.1 Å². The smallest absolute Gasteiger partial charge is 0.0453 e. The third-order valence-corrected chi connectivity index (χ3v) is 4.19. The van der Waals surface area contributed by atoms with Crippen molar-refractivity contribution < 1.29 is 0 Å². The highest BCUT2D eigenvalue weighted by Gasteiger charge is 2.14. The Morgan fingerprint density at radius 3 is 2.58 bits per heavy atom. The van der Waals surface area contributed by atoms with Crippen LogP contribution in [0.4, 0.5) is 0 Å². The van der Waals surface area contributed by atoms with E-state index in [9.17, 15) is 0 Å². The number of benzene rings is 1. The van der Waals surface area contributed by atoms with Crippen molar-refractivity contribution >= 4 is 11.6 Å². The van der Waals surface area contributed by atoms with Gasteiger partial charge in [0, 0.05) is 50.3 Å². The van der Waals surface area contributed by atoms with Crippen molar-refractivity contribution in [3.63, 3.8) is 0 Å². The van der Waals surface area contributed by atoms with E-state index in [0.29, 0.717) is 6.04 Å². The summed E-state index contributed by atoms with van der Waals surface area (Å²) in [5.74, 6) is 0. The first-order valence-corrected chi connectivity index (χ1v) is 7.43. The number of hydrogen-bond acceptors (Lipinski definition) is 3. The summed E-state index contributed by atoms with van der Waals surface area (Å²) in [5.41, 5.74) is 1.18. The van der Waals surface area contributed by atoms with Gasteiger partial charge in [-0.25, -0.2) is 0 Å². The molecule has 0 saturated carbocycles. The van der Waals surface area contributed by atoms with Gasteiger partial charge in [0.1, 0.15) is 0 Å². The van der Waals surface area contributed by atoms with Gasteiger partial charge < -0.3 is 10.2 Å². The van der Waals surface area contributed by atoms with Crippen molar-refractivity contribution in [1.29, 1.82) is 0 Å². The van der Waals surface area contributed by atoms with Gasteiger partial charge in [-0.1, -0.05) is 29.8 Å². The average Bonchev–Trinajstić information content (AvgIpc) is 2.41. The Hall–Kier alpha value is -0.610. The van der Waals surface area contributed by atoms with Crippen molar-refractivity contribution in [2.75, 3.05) is 46.3 Å². The summed E-state index contributed by atoms with van der Waals surface area (Å²) in [5, 5.41) is 4.41. The molecule has 106 valence electrons. The van der Waals surface area contributed by atoms with E-state index in [0.717, 1.165) is 18.1 Å². The zero-order valence-electron chi connectivity index (χ0n) is 11.9. The number of halogens is 1. The zero-order valence-corrected chi connectivity index (χ0v) is 12.7. The fourth-order valence-electron chi connectivity index (χ4n) is 2.45. The standard InChI is InChI=1S/C15H24ClN3/c1-13(14-5-3-4-6-15(14)16)17-7-8-19-11-9-18(2)10-12-19/h3-6,13,17H,7-12H2,1-2H3/t13-/m0/s1. The molecule has 1 aliphatic heterocycles. The molecule has 1 atom stereocenters. The summed E-state index contributed by atoms with van der Waals surface area (Å²) >= 11 is 6.21. The van der Waals surface area contributed by atoms with Crippen molar-refractivity contribution in [2.45, 2.75) is 13.0 Å². The van der Waals surface area contributed by atoms with Gasteiger partial charge in [-0.3, -0.25) is 4.90 Å². The van der Waals surface area contributed by atoms with E-state index in [1.165, 1.54) is 31.7 Å². The van der Waals surface area contributed by atoms with Crippen LogP contribution in [0.1, 0.15) is 18.5 Å². The van der Waals surface area contributed by atoms with E-state index in [2.05, 4.69) is 35.2 Å². The average molecular weight is 282 g/mol. The molecule has 2 rings (SSSR count). The topological polar surface area (TPSA) is 18.5 Å². The molecule has 1 aliphatic rings. The maximum Gasteiger partial charge on any atom is 0.0453 e. The Balaban J connectivity index is 1.72. The first kappa shape index (κ1) is 14.8. The first-order chi connectivity index (χ1) is 9.16. The third kappa shape index (κ3) is 4.46. The molecule has 0 aromatic heterocycles. The molecular weight excluding hydrogens is 258 g/mol. The second kappa shape index (κ2) is 7.25. The molecule has 0 aliphatic carbocycles. The molecule has 4 heteroatoms. The molecule has 1 saturated heterocycles. The predicted octanol–water partition coefficient (Wildman–Crippen LogP) is 2.24. The van der Waals surface area contributed by atoms with Gasteiger partial charge in [-0.05, 0) is 25.6 Å². The lowest BCUT2D eigenvalue weighted by atomic mass is 10.1. The lowest BCUT2D eigenvalue weighted by Crippen LogP contribution is -2.46. The monoisotopic (exact) mass is 281 g/mol. The predicted molar refractivity (Wildman–Crippen MR) is 81.8 cm³/mol. The summed E-state index contributed by atoms with van der Waals surface area (Å²) in [6.07, 6.45) is 0. The second-order valence-corrected chi connectivity index (χ2v) is 5.75. The minimum atomic E-state index is 0.307. The quantitative estimate of drug-likeness (QED) is 0.893. The van der Waals surface area contributed by atoms with Gasteiger partial charge in [-0.2, -0.15) is 0 Å². The Morgan fingerprint density at radius 1 is 1.21 bits per heavy atom. The Labute approximate surface area is 121 Å². The third-order valence-electron chi connectivity index (χ3n) is 3.85. The fourth-order valence-corrected chi connectivity index (χ4v) is 2.75. The van der Waals surface area contributed by atoms with Crippen LogP contribution in [-0.2, 0) is 0 Å². The van der Waals surface area contributed by atoms with E-state index in [1.54, 1.807) is 0 Å². The molecule has 19 heavy (non-hydrogen) atoms. The maximum atomic E-state index is 6.21. The van der Waals surface area contributed by atoms with Gasteiger partial charge >= 0.3 is 0 Å². The molecule has 0 radical (unpaired) electrons. The van der Waals surface area contributed by atoms with E-state index in [4.69, 9.17) is 11.6 Å². The summed E-state index contributed by atoms with van der Waals surface area (Å²) in [6, 6.07) is 8.37. The molecule has 1 heterocycles. The van der Waals surface area contributed by atoms with E-state index in [-0.39, 0.29) is 0 Å². The highest BCUT2D eigenvalue weighted by atomic mass is 35.5. The minimum Gasteiger partial charge on any atom is -0.309 e. The number of hydrogen-bond donors (Lipinski definition) is 1. The van der Waals surface area contributed by atoms with Crippen LogP contribution in [0.2, 0.25) is 5.02 Å².